The van der Waals surface area contributed by atoms with E-state index >= 15 is 0 Å². The normalized spacial score (nSPS) is 15.6. The molecule has 1 aliphatic rings. The van der Waals surface area contributed by atoms with E-state index in [4.69, 9.17) is 10.5 Å². The molecule has 0 aliphatic carbocycles. The summed E-state index contributed by atoms with van der Waals surface area (Å²) < 4.78 is 28.8. The highest BCUT2D eigenvalue weighted by molar-refractivity contribution is 7.92. The molecule has 0 radical (unpaired) electrons. The van der Waals surface area contributed by atoms with Crippen LogP contribution in [-0.2, 0) is 14.6 Å². The summed E-state index contributed by atoms with van der Waals surface area (Å²) in [6, 6.07) is 4.96. The summed E-state index contributed by atoms with van der Waals surface area (Å²) in [4.78, 5) is 13.4. The number of sulfone groups is 1. The zero-order chi connectivity index (χ0) is 15.8. The molecule has 116 valence electrons. The maximum absolute atomic E-state index is 12.2. The summed E-state index contributed by atoms with van der Waals surface area (Å²) in [7, 11) is -3.29. The van der Waals surface area contributed by atoms with E-state index in [1.807, 2.05) is 0 Å². The Morgan fingerprint density at radius 1 is 1.33 bits per heavy atom. The molecule has 7 heteroatoms. The van der Waals surface area contributed by atoms with Crippen LogP contribution in [0.4, 0.5) is 11.4 Å². The first-order chi connectivity index (χ1) is 9.62. The molecule has 0 unspecified atom stereocenters. The average molecular weight is 312 g/mol. The number of carbonyl (C=O) groups is 1. The lowest BCUT2D eigenvalue weighted by molar-refractivity contribution is -0.121. The highest BCUT2D eigenvalue weighted by atomic mass is 32.2. The summed E-state index contributed by atoms with van der Waals surface area (Å²) in [6.45, 7) is 4.96. The van der Waals surface area contributed by atoms with Crippen LogP contribution < -0.4 is 15.4 Å². The molecule has 0 spiro atoms. The standard InChI is InChI=1S/C14H20N2O4S/c1-14(2,3)21(18,19)7-6-16-11-5-4-10(15)8-12(11)20-9-13(16)17/h4-5,8H,6-7,9,15H2,1-3H3. The Bertz CT molecular complexity index is 662. The zero-order valence-corrected chi connectivity index (χ0v) is 13.2. The first-order valence-electron chi connectivity index (χ1n) is 6.67. The van der Waals surface area contributed by atoms with Gasteiger partial charge >= 0.3 is 0 Å². The van der Waals surface area contributed by atoms with E-state index in [2.05, 4.69) is 0 Å². The summed E-state index contributed by atoms with van der Waals surface area (Å²) >= 11 is 0. The molecule has 0 fully saturated rings. The van der Waals surface area contributed by atoms with Crippen LogP contribution in [0.2, 0.25) is 0 Å². The third kappa shape index (κ3) is 3.12. The summed E-state index contributed by atoms with van der Waals surface area (Å²) in [5.41, 5.74) is 6.78. The van der Waals surface area contributed by atoms with Crippen molar-refractivity contribution in [1.29, 1.82) is 0 Å². The lowest BCUT2D eigenvalue weighted by atomic mass is 10.2. The molecule has 1 aromatic rings. The van der Waals surface area contributed by atoms with Crippen molar-refractivity contribution in [3.8, 4) is 5.75 Å². The Morgan fingerprint density at radius 2 is 2.00 bits per heavy atom. The van der Waals surface area contributed by atoms with Gasteiger partial charge in [-0.25, -0.2) is 8.42 Å². The predicted molar refractivity (Wildman–Crippen MR) is 82.2 cm³/mol. The zero-order valence-electron chi connectivity index (χ0n) is 12.4. The highest BCUT2D eigenvalue weighted by Crippen LogP contribution is 2.33. The summed E-state index contributed by atoms with van der Waals surface area (Å²) in [5, 5.41) is 0. The van der Waals surface area contributed by atoms with Gasteiger partial charge in [-0.15, -0.1) is 0 Å². The highest BCUT2D eigenvalue weighted by Gasteiger charge is 2.32. The molecule has 1 heterocycles. The quantitative estimate of drug-likeness (QED) is 0.847. The van der Waals surface area contributed by atoms with Crippen LogP contribution in [0.25, 0.3) is 0 Å². The molecule has 6 nitrogen and oxygen atoms in total. The minimum atomic E-state index is -3.29. The van der Waals surface area contributed by atoms with Crippen molar-refractivity contribution < 1.29 is 17.9 Å². The molecule has 0 aromatic heterocycles. The van der Waals surface area contributed by atoms with Crippen molar-refractivity contribution in [2.75, 3.05) is 29.5 Å². The Labute approximate surface area is 124 Å². The van der Waals surface area contributed by atoms with E-state index in [1.54, 1.807) is 39.0 Å². The molecule has 1 amide bonds. The van der Waals surface area contributed by atoms with Crippen LogP contribution >= 0.6 is 0 Å². The monoisotopic (exact) mass is 312 g/mol. The van der Waals surface area contributed by atoms with Crippen molar-refractivity contribution >= 4 is 27.1 Å². The molecule has 0 saturated heterocycles. The minimum Gasteiger partial charge on any atom is -0.481 e. The largest absolute Gasteiger partial charge is 0.481 e. The van der Waals surface area contributed by atoms with Gasteiger partial charge in [0.2, 0.25) is 0 Å². The topological polar surface area (TPSA) is 89.7 Å². The lowest BCUT2D eigenvalue weighted by Crippen LogP contribution is -2.43. The van der Waals surface area contributed by atoms with E-state index in [0.29, 0.717) is 17.1 Å². The van der Waals surface area contributed by atoms with E-state index in [-0.39, 0.29) is 24.8 Å². The van der Waals surface area contributed by atoms with Crippen molar-refractivity contribution in [2.45, 2.75) is 25.5 Å². The molecular weight excluding hydrogens is 292 g/mol. The van der Waals surface area contributed by atoms with E-state index in [1.165, 1.54) is 4.90 Å². The third-order valence-corrected chi connectivity index (χ3v) is 6.03. The van der Waals surface area contributed by atoms with Gasteiger partial charge in [0.25, 0.3) is 5.91 Å². The third-order valence-electron chi connectivity index (χ3n) is 3.44. The number of amides is 1. The van der Waals surface area contributed by atoms with Crippen molar-refractivity contribution in [2.24, 2.45) is 0 Å². The molecular formula is C14H20N2O4S. The number of anilines is 2. The number of ether oxygens (including phenoxy) is 1. The number of fused-ring (bicyclic) bond motifs is 1. The fourth-order valence-electron chi connectivity index (χ4n) is 1.98. The van der Waals surface area contributed by atoms with Gasteiger partial charge in [0.15, 0.2) is 16.4 Å². The van der Waals surface area contributed by atoms with Crippen LogP contribution in [0.15, 0.2) is 18.2 Å². The van der Waals surface area contributed by atoms with Crippen LogP contribution in [0.1, 0.15) is 20.8 Å². The Balaban J connectivity index is 2.23. The maximum atomic E-state index is 12.2. The Morgan fingerprint density at radius 3 is 2.62 bits per heavy atom. The molecule has 0 saturated carbocycles. The first-order valence-corrected chi connectivity index (χ1v) is 8.32. The number of carbonyl (C=O) groups excluding carboxylic acids is 1. The SMILES string of the molecule is CC(C)(C)S(=O)(=O)CCN1C(=O)COc2cc(N)ccc21. The second kappa shape index (κ2) is 5.22. The molecule has 2 rings (SSSR count). The number of nitrogens with zero attached hydrogens (tertiary/aromatic N) is 1. The van der Waals surface area contributed by atoms with Crippen LogP contribution in [-0.4, -0.2) is 38.0 Å². The number of nitrogens with two attached hydrogens (primary N) is 1. The Kier molecular flexibility index (Phi) is 3.88. The first kappa shape index (κ1) is 15.6. The molecule has 1 aliphatic heterocycles. The van der Waals surface area contributed by atoms with Gasteiger partial charge in [0, 0.05) is 18.3 Å². The van der Waals surface area contributed by atoms with E-state index in [0.717, 1.165) is 0 Å². The minimum absolute atomic E-state index is 0.0912. The predicted octanol–water partition coefficient (Wildman–Crippen LogP) is 1.21. The molecule has 0 bridgehead atoms. The Hall–Kier alpha value is -1.76. The van der Waals surface area contributed by atoms with Crippen LogP contribution in [0, 0.1) is 0 Å². The van der Waals surface area contributed by atoms with E-state index in [9.17, 15) is 13.2 Å². The smallest absolute Gasteiger partial charge is 0.265 e. The maximum Gasteiger partial charge on any atom is 0.265 e. The fourth-order valence-corrected chi connectivity index (χ4v) is 3.02. The molecule has 0 atom stereocenters. The lowest BCUT2D eigenvalue weighted by Gasteiger charge is -2.30. The van der Waals surface area contributed by atoms with Gasteiger partial charge < -0.3 is 15.4 Å². The van der Waals surface area contributed by atoms with Crippen molar-refractivity contribution in [3.63, 3.8) is 0 Å². The van der Waals surface area contributed by atoms with Gasteiger partial charge in [0.05, 0.1) is 16.2 Å². The van der Waals surface area contributed by atoms with Gasteiger partial charge in [-0.1, -0.05) is 0 Å². The van der Waals surface area contributed by atoms with Gasteiger partial charge in [-0.2, -0.15) is 0 Å². The van der Waals surface area contributed by atoms with Gasteiger partial charge in [0.1, 0.15) is 5.75 Å². The fraction of sp³-hybridized carbons (Fsp3) is 0.500. The summed E-state index contributed by atoms with van der Waals surface area (Å²) in [5.74, 6) is 0.158. The number of benzene rings is 1. The number of hydrogen-bond donors (Lipinski definition) is 1. The second-order valence-electron chi connectivity index (χ2n) is 5.99. The summed E-state index contributed by atoms with van der Waals surface area (Å²) in [6.07, 6.45) is 0. The van der Waals surface area contributed by atoms with Crippen LogP contribution in [0.5, 0.6) is 5.75 Å². The van der Waals surface area contributed by atoms with Gasteiger partial charge in [-0.3, -0.25) is 4.79 Å². The van der Waals surface area contributed by atoms with Crippen LogP contribution in [0.3, 0.4) is 0 Å². The molecule has 1 aromatic carbocycles. The number of nitrogen functional groups attached to an aromatic ring is 1. The molecule has 21 heavy (non-hydrogen) atoms. The second-order valence-corrected chi connectivity index (χ2v) is 8.85. The average Bonchev–Trinajstić information content (AvgIpc) is 2.36. The van der Waals surface area contributed by atoms with Gasteiger partial charge in [-0.05, 0) is 32.9 Å². The van der Waals surface area contributed by atoms with Crippen molar-refractivity contribution in [1.82, 2.24) is 0 Å². The van der Waals surface area contributed by atoms with Crippen molar-refractivity contribution in [3.05, 3.63) is 18.2 Å². The van der Waals surface area contributed by atoms with E-state index < -0.39 is 14.6 Å². The molecule has 2 N–H and O–H groups in total. The number of hydrogen-bond acceptors (Lipinski definition) is 5. The number of rotatable bonds is 3.